The number of carbonyl (C=O) groups is 2. The highest BCUT2D eigenvalue weighted by Crippen LogP contribution is 2.20. The molecule has 2 saturated heterocycles. The molecule has 7 nitrogen and oxygen atoms in total. The molecule has 1 aromatic carbocycles. The van der Waals surface area contributed by atoms with Crippen molar-refractivity contribution in [2.45, 2.75) is 64.7 Å². The van der Waals surface area contributed by atoms with Crippen LogP contribution in [0.4, 0.5) is 9.59 Å². The third-order valence-corrected chi connectivity index (χ3v) is 5.85. The molecule has 1 atom stereocenters. The lowest BCUT2D eigenvalue weighted by Gasteiger charge is -2.36. The minimum atomic E-state index is -0.454. The van der Waals surface area contributed by atoms with Crippen LogP contribution >= 0.6 is 0 Å². The van der Waals surface area contributed by atoms with Gasteiger partial charge in [-0.05, 0) is 64.5 Å². The molecule has 2 amide bonds. The molecule has 2 aliphatic heterocycles. The highest BCUT2D eigenvalue weighted by Gasteiger charge is 2.28. The Hall–Kier alpha value is -2.28. The number of ether oxygens (including phenoxy) is 2. The van der Waals surface area contributed by atoms with E-state index in [0.717, 1.165) is 57.4 Å². The van der Waals surface area contributed by atoms with Crippen molar-refractivity contribution in [2.75, 3.05) is 32.7 Å². The largest absolute Gasteiger partial charge is 0.445 e. The van der Waals surface area contributed by atoms with Crippen LogP contribution in [-0.4, -0.2) is 66.4 Å². The van der Waals surface area contributed by atoms with Gasteiger partial charge in [0, 0.05) is 32.2 Å². The number of amides is 2. The molecule has 3 rings (SSSR count). The summed E-state index contributed by atoms with van der Waals surface area (Å²) < 4.78 is 11.0. The molecule has 0 spiro atoms. The third kappa shape index (κ3) is 7.73. The van der Waals surface area contributed by atoms with Crippen molar-refractivity contribution in [3.63, 3.8) is 0 Å². The number of likely N-dealkylation sites (tertiary alicyclic amines) is 2. The number of carbonyl (C=O) groups excluding carboxylic acids is 2. The molecule has 0 saturated carbocycles. The topological polar surface area (TPSA) is 71.1 Å². The minimum absolute atomic E-state index is 0.212. The molecule has 2 heterocycles. The first-order chi connectivity index (χ1) is 14.8. The van der Waals surface area contributed by atoms with E-state index in [2.05, 4.69) is 5.32 Å². The van der Waals surface area contributed by atoms with Crippen LogP contribution < -0.4 is 5.32 Å². The number of hydrogen-bond donors (Lipinski definition) is 1. The Morgan fingerprint density at radius 2 is 1.71 bits per heavy atom. The smallest absolute Gasteiger partial charge is 0.410 e. The van der Waals surface area contributed by atoms with Gasteiger partial charge in [0.2, 0.25) is 0 Å². The second-order valence-electron chi connectivity index (χ2n) is 9.64. The molecular formula is C24H37N3O4. The maximum absolute atomic E-state index is 12.4. The first kappa shape index (κ1) is 23.4. The van der Waals surface area contributed by atoms with E-state index >= 15 is 0 Å². The Labute approximate surface area is 186 Å². The summed E-state index contributed by atoms with van der Waals surface area (Å²) in [5.41, 5.74) is 0.546. The van der Waals surface area contributed by atoms with Gasteiger partial charge in [0.05, 0.1) is 0 Å². The summed E-state index contributed by atoms with van der Waals surface area (Å²) in [5, 5.41) is 3.65. The first-order valence-electron chi connectivity index (χ1n) is 11.5. The van der Waals surface area contributed by atoms with E-state index in [1.807, 2.05) is 60.9 Å². The van der Waals surface area contributed by atoms with Crippen LogP contribution in [0.1, 0.15) is 52.0 Å². The normalized spacial score (nSPS) is 20.4. The summed E-state index contributed by atoms with van der Waals surface area (Å²) in [6.07, 6.45) is 3.55. The van der Waals surface area contributed by atoms with Crippen molar-refractivity contribution in [1.29, 1.82) is 0 Å². The lowest BCUT2D eigenvalue weighted by molar-refractivity contribution is 0.0182. The minimum Gasteiger partial charge on any atom is -0.445 e. The van der Waals surface area contributed by atoms with E-state index in [9.17, 15) is 9.59 Å². The Balaban J connectivity index is 1.35. The molecule has 0 radical (unpaired) electrons. The lowest BCUT2D eigenvalue weighted by atomic mass is 9.96. The zero-order valence-corrected chi connectivity index (χ0v) is 19.1. The molecule has 1 N–H and O–H groups in total. The van der Waals surface area contributed by atoms with E-state index in [1.54, 1.807) is 0 Å². The van der Waals surface area contributed by atoms with Gasteiger partial charge in [0.15, 0.2) is 0 Å². The van der Waals surface area contributed by atoms with Crippen molar-refractivity contribution < 1.29 is 19.1 Å². The van der Waals surface area contributed by atoms with Crippen LogP contribution in [0.15, 0.2) is 30.3 Å². The van der Waals surface area contributed by atoms with Gasteiger partial charge in [-0.1, -0.05) is 30.3 Å². The lowest BCUT2D eigenvalue weighted by Crippen LogP contribution is -2.50. The Morgan fingerprint density at radius 1 is 1.00 bits per heavy atom. The number of nitrogens with zero attached hydrogens (tertiary/aromatic N) is 2. The fourth-order valence-electron chi connectivity index (χ4n) is 4.10. The molecule has 7 heteroatoms. The summed E-state index contributed by atoms with van der Waals surface area (Å²) in [5.74, 6) is 0.541. The van der Waals surface area contributed by atoms with Gasteiger partial charge in [-0.25, -0.2) is 9.59 Å². The van der Waals surface area contributed by atoms with Crippen LogP contribution in [0.5, 0.6) is 0 Å². The van der Waals surface area contributed by atoms with Crippen LogP contribution in [0.2, 0.25) is 0 Å². The maximum Gasteiger partial charge on any atom is 0.410 e. The third-order valence-electron chi connectivity index (χ3n) is 5.85. The molecular weight excluding hydrogens is 394 g/mol. The van der Waals surface area contributed by atoms with Gasteiger partial charge in [-0.2, -0.15) is 0 Å². The number of benzene rings is 1. The predicted octanol–water partition coefficient (Wildman–Crippen LogP) is 4.02. The van der Waals surface area contributed by atoms with E-state index in [0.29, 0.717) is 25.1 Å². The quantitative estimate of drug-likeness (QED) is 0.762. The Kier molecular flexibility index (Phi) is 8.18. The van der Waals surface area contributed by atoms with Crippen molar-refractivity contribution in [1.82, 2.24) is 15.1 Å². The monoisotopic (exact) mass is 431 g/mol. The molecule has 0 bridgehead atoms. The van der Waals surface area contributed by atoms with Crippen molar-refractivity contribution in [3.05, 3.63) is 35.9 Å². The number of piperidine rings is 2. The average Bonchev–Trinajstić information content (AvgIpc) is 2.76. The van der Waals surface area contributed by atoms with E-state index in [1.165, 1.54) is 0 Å². The molecule has 1 aromatic rings. The average molecular weight is 432 g/mol. The standard InChI is InChI=1S/C24H37N3O4/c1-24(2,3)31-23(29)26-14-11-19(12-15-26)16-25-21-10-7-13-27(17-21)22(28)30-18-20-8-5-4-6-9-20/h4-6,8-9,19,21,25H,7,10-18H2,1-3H3/t21-/m0/s1. The van der Waals surface area contributed by atoms with Gasteiger partial charge >= 0.3 is 12.2 Å². The summed E-state index contributed by atoms with van der Waals surface area (Å²) >= 11 is 0. The number of hydrogen-bond acceptors (Lipinski definition) is 5. The zero-order valence-electron chi connectivity index (χ0n) is 19.1. The van der Waals surface area contributed by atoms with Crippen LogP contribution in [-0.2, 0) is 16.1 Å². The highest BCUT2D eigenvalue weighted by molar-refractivity contribution is 5.68. The summed E-state index contributed by atoms with van der Waals surface area (Å²) in [6, 6.07) is 10.1. The molecule has 2 aliphatic rings. The van der Waals surface area contributed by atoms with E-state index < -0.39 is 5.60 Å². The second-order valence-corrected chi connectivity index (χ2v) is 9.64. The van der Waals surface area contributed by atoms with Crippen molar-refractivity contribution >= 4 is 12.2 Å². The summed E-state index contributed by atoms with van der Waals surface area (Å²) in [4.78, 5) is 28.3. The zero-order chi connectivity index (χ0) is 22.3. The fourth-order valence-corrected chi connectivity index (χ4v) is 4.10. The SMILES string of the molecule is CC(C)(C)OC(=O)N1CCC(CN[C@H]2CCCN(C(=O)OCc3ccccc3)C2)CC1. The highest BCUT2D eigenvalue weighted by atomic mass is 16.6. The van der Waals surface area contributed by atoms with E-state index in [4.69, 9.17) is 9.47 Å². The van der Waals surface area contributed by atoms with Gasteiger partial charge in [0.1, 0.15) is 12.2 Å². The summed E-state index contributed by atoms with van der Waals surface area (Å²) in [7, 11) is 0. The molecule has 2 fully saturated rings. The van der Waals surface area contributed by atoms with Crippen molar-refractivity contribution in [2.24, 2.45) is 5.92 Å². The van der Waals surface area contributed by atoms with Crippen LogP contribution in [0, 0.1) is 5.92 Å². The van der Waals surface area contributed by atoms with Crippen LogP contribution in [0.3, 0.4) is 0 Å². The van der Waals surface area contributed by atoms with Gasteiger partial charge in [-0.3, -0.25) is 0 Å². The second kappa shape index (κ2) is 10.8. The van der Waals surface area contributed by atoms with E-state index in [-0.39, 0.29) is 12.2 Å². The first-order valence-corrected chi connectivity index (χ1v) is 11.5. The Bertz CT molecular complexity index is 711. The predicted molar refractivity (Wildman–Crippen MR) is 120 cm³/mol. The summed E-state index contributed by atoms with van der Waals surface area (Å²) in [6.45, 7) is 9.83. The fraction of sp³-hybridized carbons (Fsp3) is 0.667. The molecule has 0 unspecified atom stereocenters. The number of nitrogens with one attached hydrogen (secondary N) is 1. The van der Waals surface area contributed by atoms with Gasteiger partial charge < -0.3 is 24.6 Å². The van der Waals surface area contributed by atoms with Crippen molar-refractivity contribution in [3.8, 4) is 0 Å². The van der Waals surface area contributed by atoms with Gasteiger partial charge in [0.25, 0.3) is 0 Å². The molecule has 0 aliphatic carbocycles. The number of rotatable bonds is 5. The maximum atomic E-state index is 12.4. The molecule has 0 aromatic heterocycles. The Morgan fingerprint density at radius 3 is 2.39 bits per heavy atom. The molecule has 172 valence electrons. The molecule has 31 heavy (non-hydrogen) atoms. The van der Waals surface area contributed by atoms with Crippen LogP contribution in [0.25, 0.3) is 0 Å². The van der Waals surface area contributed by atoms with Gasteiger partial charge in [-0.15, -0.1) is 0 Å².